The number of aryl methyl sites for hydroxylation is 3. The van der Waals surface area contributed by atoms with Crippen molar-refractivity contribution in [3.05, 3.63) is 69.3 Å². The van der Waals surface area contributed by atoms with E-state index in [1.807, 2.05) is 30.3 Å². The van der Waals surface area contributed by atoms with Crippen molar-refractivity contribution >= 4 is 5.91 Å². The Morgan fingerprint density at radius 2 is 1.96 bits per heavy atom. The summed E-state index contributed by atoms with van der Waals surface area (Å²) in [6, 6.07) is 11.6. The number of carbonyl (C=O) groups excluding carboxylic acids is 1. The number of hydrogen-bond acceptors (Lipinski definition) is 3. The SMILES string of the molecule is Cc1cc(CCc2ccccc2)oc(=O)c1C(=O)N1CC(F)C1. The van der Waals surface area contributed by atoms with Gasteiger partial charge in [0.25, 0.3) is 5.91 Å². The van der Waals surface area contributed by atoms with E-state index in [-0.39, 0.29) is 18.7 Å². The molecule has 0 aliphatic carbocycles. The number of halogens is 1. The van der Waals surface area contributed by atoms with Crippen LogP contribution in [0.5, 0.6) is 0 Å². The third-order valence-electron chi connectivity index (χ3n) is 4.04. The van der Waals surface area contributed by atoms with Crippen molar-refractivity contribution in [2.45, 2.75) is 25.9 Å². The Morgan fingerprint density at radius 1 is 1.26 bits per heavy atom. The van der Waals surface area contributed by atoms with Gasteiger partial charge in [-0.3, -0.25) is 4.79 Å². The molecular weight excluding hydrogens is 297 g/mol. The van der Waals surface area contributed by atoms with Gasteiger partial charge >= 0.3 is 5.63 Å². The van der Waals surface area contributed by atoms with Gasteiger partial charge < -0.3 is 9.32 Å². The highest BCUT2D eigenvalue weighted by Crippen LogP contribution is 2.17. The zero-order valence-electron chi connectivity index (χ0n) is 12.9. The van der Waals surface area contributed by atoms with Crippen LogP contribution in [0, 0.1) is 6.92 Å². The zero-order valence-corrected chi connectivity index (χ0v) is 12.9. The molecule has 3 rings (SSSR count). The summed E-state index contributed by atoms with van der Waals surface area (Å²) in [6.45, 7) is 1.81. The monoisotopic (exact) mass is 315 g/mol. The predicted octanol–water partition coefficient (Wildman–Crippen LogP) is 2.53. The lowest BCUT2D eigenvalue weighted by Crippen LogP contribution is -2.52. The molecule has 2 aromatic rings. The molecule has 1 aromatic carbocycles. The number of hydrogen-bond donors (Lipinski definition) is 0. The van der Waals surface area contributed by atoms with Crippen LogP contribution >= 0.6 is 0 Å². The second-order valence-electron chi connectivity index (χ2n) is 5.85. The Balaban J connectivity index is 1.75. The van der Waals surface area contributed by atoms with Crippen molar-refractivity contribution in [1.29, 1.82) is 0 Å². The second-order valence-corrected chi connectivity index (χ2v) is 5.85. The number of carbonyl (C=O) groups is 1. The molecule has 1 saturated heterocycles. The minimum Gasteiger partial charge on any atom is -0.427 e. The topological polar surface area (TPSA) is 50.5 Å². The maximum absolute atomic E-state index is 12.9. The first-order valence-electron chi connectivity index (χ1n) is 7.65. The van der Waals surface area contributed by atoms with E-state index in [2.05, 4.69) is 0 Å². The van der Waals surface area contributed by atoms with E-state index in [1.165, 1.54) is 4.90 Å². The molecule has 0 unspecified atom stereocenters. The van der Waals surface area contributed by atoms with E-state index in [0.717, 1.165) is 12.0 Å². The molecule has 1 aliphatic heterocycles. The van der Waals surface area contributed by atoms with Gasteiger partial charge in [0.1, 0.15) is 17.5 Å². The Kier molecular flexibility index (Phi) is 4.28. The molecule has 1 aromatic heterocycles. The van der Waals surface area contributed by atoms with E-state index in [4.69, 9.17) is 4.42 Å². The lowest BCUT2D eigenvalue weighted by atomic mass is 10.0. The first kappa shape index (κ1) is 15.5. The molecule has 2 heterocycles. The fraction of sp³-hybridized carbons (Fsp3) is 0.333. The van der Waals surface area contributed by atoms with Crippen LogP contribution in [0.1, 0.15) is 27.2 Å². The Morgan fingerprint density at radius 3 is 2.57 bits per heavy atom. The fourth-order valence-corrected chi connectivity index (χ4v) is 2.71. The number of nitrogens with zero attached hydrogens (tertiary/aromatic N) is 1. The minimum atomic E-state index is -0.989. The second kappa shape index (κ2) is 6.36. The molecule has 4 nitrogen and oxygen atoms in total. The standard InChI is InChI=1S/C18H18FNO3/c1-12-9-15(8-7-13-5-3-2-4-6-13)23-18(22)16(12)17(21)20-10-14(19)11-20/h2-6,9,14H,7-8,10-11H2,1H3. The molecule has 0 atom stereocenters. The van der Waals surface area contributed by atoms with E-state index < -0.39 is 17.7 Å². The molecule has 1 aliphatic rings. The highest BCUT2D eigenvalue weighted by molar-refractivity contribution is 5.95. The van der Waals surface area contributed by atoms with Gasteiger partial charge in [-0.2, -0.15) is 0 Å². The highest BCUT2D eigenvalue weighted by Gasteiger charge is 2.33. The molecule has 1 fully saturated rings. The average Bonchev–Trinajstić information content (AvgIpc) is 2.50. The summed E-state index contributed by atoms with van der Waals surface area (Å²) in [6.07, 6.45) is 0.355. The molecular formula is C18H18FNO3. The van der Waals surface area contributed by atoms with Crippen LogP contribution in [-0.2, 0) is 12.8 Å². The summed E-state index contributed by atoms with van der Waals surface area (Å²) in [4.78, 5) is 25.7. The van der Waals surface area contributed by atoms with Gasteiger partial charge in [-0.15, -0.1) is 0 Å². The van der Waals surface area contributed by atoms with E-state index in [0.29, 0.717) is 17.7 Å². The lowest BCUT2D eigenvalue weighted by molar-refractivity contribution is 0.0395. The van der Waals surface area contributed by atoms with Gasteiger partial charge in [0, 0.05) is 6.42 Å². The summed E-state index contributed by atoms with van der Waals surface area (Å²) < 4.78 is 18.2. The van der Waals surface area contributed by atoms with Gasteiger partial charge in [-0.1, -0.05) is 30.3 Å². The van der Waals surface area contributed by atoms with Crippen molar-refractivity contribution in [1.82, 2.24) is 4.90 Å². The molecule has 0 spiro atoms. The zero-order chi connectivity index (χ0) is 16.4. The quantitative estimate of drug-likeness (QED) is 0.871. The number of benzene rings is 1. The highest BCUT2D eigenvalue weighted by atomic mass is 19.1. The summed E-state index contributed by atoms with van der Waals surface area (Å²) in [5.74, 6) is 0.111. The van der Waals surface area contributed by atoms with Crippen molar-refractivity contribution in [3.63, 3.8) is 0 Å². The minimum absolute atomic E-state index is 0.0142. The Hall–Kier alpha value is -2.43. The van der Waals surface area contributed by atoms with Crippen LogP contribution in [0.4, 0.5) is 4.39 Å². The maximum Gasteiger partial charge on any atom is 0.349 e. The summed E-state index contributed by atoms with van der Waals surface area (Å²) in [5, 5.41) is 0. The van der Waals surface area contributed by atoms with E-state index in [1.54, 1.807) is 13.0 Å². The maximum atomic E-state index is 12.9. The van der Waals surface area contributed by atoms with Crippen molar-refractivity contribution in [3.8, 4) is 0 Å². The molecule has 0 radical (unpaired) electrons. The van der Waals surface area contributed by atoms with Gasteiger partial charge in [0.15, 0.2) is 0 Å². The first-order chi connectivity index (χ1) is 11.0. The van der Waals surface area contributed by atoms with Crippen LogP contribution in [0.3, 0.4) is 0 Å². The third kappa shape index (κ3) is 3.33. The Labute approximate surface area is 133 Å². The molecule has 23 heavy (non-hydrogen) atoms. The molecule has 1 amide bonds. The Bertz CT molecular complexity index is 764. The number of rotatable bonds is 4. The van der Waals surface area contributed by atoms with E-state index in [9.17, 15) is 14.0 Å². The van der Waals surface area contributed by atoms with Crippen molar-refractivity contribution in [2.24, 2.45) is 0 Å². The van der Waals surface area contributed by atoms with Crippen molar-refractivity contribution in [2.75, 3.05) is 13.1 Å². The summed E-state index contributed by atoms with van der Waals surface area (Å²) in [7, 11) is 0. The van der Waals surface area contributed by atoms with Crippen LogP contribution in [0.15, 0.2) is 45.6 Å². The number of likely N-dealkylation sites (tertiary alicyclic amines) is 1. The lowest BCUT2D eigenvalue weighted by Gasteiger charge is -2.34. The van der Waals surface area contributed by atoms with E-state index >= 15 is 0 Å². The molecule has 0 bridgehead atoms. The summed E-state index contributed by atoms with van der Waals surface area (Å²) in [5.41, 5.74) is 1.11. The van der Waals surface area contributed by atoms with Crippen LogP contribution in [0.25, 0.3) is 0 Å². The number of alkyl halides is 1. The fourth-order valence-electron chi connectivity index (χ4n) is 2.71. The summed E-state index contributed by atoms with van der Waals surface area (Å²) >= 11 is 0. The van der Waals surface area contributed by atoms with Gasteiger partial charge in [0.05, 0.1) is 13.1 Å². The normalized spacial score (nSPS) is 14.6. The largest absolute Gasteiger partial charge is 0.427 e. The third-order valence-corrected chi connectivity index (χ3v) is 4.04. The molecule has 0 saturated carbocycles. The number of amides is 1. The van der Waals surface area contributed by atoms with Gasteiger partial charge in [-0.25, -0.2) is 9.18 Å². The van der Waals surface area contributed by atoms with Crippen LogP contribution in [-0.4, -0.2) is 30.1 Å². The molecule has 0 N–H and O–H groups in total. The van der Waals surface area contributed by atoms with Crippen LogP contribution in [0.2, 0.25) is 0 Å². The van der Waals surface area contributed by atoms with Gasteiger partial charge in [0.2, 0.25) is 0 Å². The van der Waals surface area contributed by atoms with Crippen molar-refractivity contribution < 1.29 is 13.6 Å². The molecule has 120 valence electrons. The molecule has 5 heteroatoms. The first-order valence-corrected chi connectivity index (χ1v) is 7.65. The predicted molar refractivity (Wildman–Crippen MR) is 84.4 cm³/mol. The average molecular weight is 315 g/mol. The van der Waals surface area contributed by atoms with Gasteiger partial charge in [-0.05, 0) is 30.5 Å². The smallest absolute Gasteiger partial charge is 0.349 e. The van der Waals surface area contributed by atoms with Crippen LogP contribution < -0.4 is 5.63 Å².